The van der Waals surface area contributed by atoms with E-state index in [1.165, 1.54) is 36.7 Å². The van der Waals surface area contributed by atoms with Crippen molar-refractivity contribution in [3.63, 3.8) is 0 Å². The summed E-state index contributed by atoms with van der Waals surface area (Å²) >= 11 is 0. The number of rotatable bonds is 5. The second-order valence-corrected chi connectivity index (χ2v) is 5.59. The van der Waals surface area contributed by atoms with Crippen molar-refractivity contribution in [3.05, 3.63) is 83.8 Å². The average molecular weight is 385 g/mol. The van der Waals surface area contributed by atoms with Crippen LogP contribution in [-0.4, -0.2) is 22.1 Å². The van der Waals surface area contributed by atoms with Gasteiger partial charge in [-0.25, -0.2) is 10.4 Å². The molecule has 0 aliphatic heterocycles. The zero-order chi connectivity index (χ0) is 20.0. The number of anilines is 2. The molecule has 0 saturated heterocycles. The Morgan fingerprint density at radius 1 is 1.07 bits per heavy atom. The monoisotopic (exact) mass is 385 g/mol. The molecule has 0 unspecified atom stereocenters. The molecule has 1 amide bonds. The first-order valence-corrected chi connectivity index (χ1v) is 8.06. The maximum Gasteiger partial charge on any atom is 0.416 e. The molecule has 0 spiro atoms. The fraction of sp³-hybridized carbons (Fsp3) is 0.0526. The fourth-order valence-corrected chi connectivity index (χ4v) is 2.28. The van der Waals surface area contributed by atoms with Crippen LogP contribution < -0.4 is 10.7 Å². The number of halogens is 3. The number of nitrogens with one attached hydrogen (secondary N) is 2. The Kier molecular flexibility index (Phi) is 5.64. The predicted molar refractivity (Wildman–Crippen MR) is 98.3 cm³/mol. The Morgan fingerprint density at radius 3 is 2.64 bits per heavy atom. The summed E-state index contributed by atoms with van der Waals surface area (Å²) in [6.45, 7) is 0. The number of hydrogen-bond donors (Lipinski definition) is 2. The molecular formula is C19H14F3N5O. The van der Waals surface area contributed by atoms with Crippen LogP contribution in [0.25, 0.3) is 0 Å². The highest BCUT2D eigenvalue weighted by Gasteiger charge is 2.30. The summed E-state index contributed by atoms with van der Waals surface area (Å²) in [7, 11) is 0. The van der Waals surface area contributed by atoms with Crippen molar-refractivity contribution in [2.75, 3.05) is 5.32 Å². The molecule has 1 aromatic carbocycles. The second-order valence-electron chi connectivity index (χ2n) is 5.59. The number of pyridine rings is 2. The highest BCUT2D eigenvalue weighted by molar-refractivity contribution is 5.99. The van der Waals surface area contributed by atoms with Gasteiger partial charge in [-0.05, 0) is 36.4 Å². The zero-order valence-corrected chi connectivity index (χ0v) is 14.3. The summed E-state index contributed by atoms with van der Waals surface area (Å²) in [5, 5.41) is 6.58. The van der Waals surface area contributed by atoms with Gasteiger partial charge in [-0.15, -0.1) is 0 Å². The van der Waals surface area contributed by atoms with E-state index in [4.69, 9.17) is 0 Å². The van der Waals surface area contributed by atoms with Crippen LogP contribution in [0.2, 0.25) is 0 Å². The van der Waals surface area contributed by atoms with Crippen molar-refractivity contribution in [1.82, 2.24) is 15.4 Å². The van der Waals surface area contributed by atoms with Crippen LogP contribution in [0.15, 0.2) is 72.2 Å². The molecule has 3 aromatic rings. The Bertz CT molecular complexity index is 990. The van der Waals surface area contributed by atoms with Crippen molar-refractivity contribution in [2.45, 2.75) is 6.18 Å². The lowest BCUT2D eigenvalue weighted by Gasteiger charge is -2.12. The summed E-state index contributed by atoms with van der Waals surface area (Å²) < 4.78 is 38.6. The molecular weight excluding hydrogens is 371 g/mol. The first-order chi connectivity index (χ1) is 13.4. The van der Waals surface area contributed by atoms with Gasteiger partial charge in [0, 0.05) is 29.8 Å². The number of amides is 1. The number of hydrazone groups is 1. The number of alkyl halides is 3. The molecule has 0 atom stereocenters. The summed E-state index contributed by atoms with van der Waals surface area (Å²) in [4.78, 5) is 20.3. The smallest absolute Gasteiger partial charge is 0.340 e. The van der Waals surface area contributed by atoms with E-state index >= 15 is 0 Å². The van der Waals surface area contributed by atoms with Crippen molar-refractivity contribution in [1.29, 1.82) is 0 Å². The van der Waals surface area contributed by atoms with Crippen LogP contribution in [0.3, 0.4) is 0 Å². The molecule has 3 rings (SSSR count). The van der Waals surface area contributed by atoms with Crippen LogP contribution in [0.1, 0.15) is 21.5 Å². The normalized spacial score (nSPS) is 11.4. The Labute approximate surface area is 158 Å². The van der Waals surface area contributed by atoms with Gasteiger partial charge in [0.25, 0.3) is 5.91 Å². The Balaban J connectivity index is 1.76. The Hall–Kier alpha value is -3.75. The fourth-order valence-electron chi connectivity index (χ4n) is 2.28. The summed E-state index contributed by atoms with van der Waals surface area (Å²) in [6.07, 6.45) is 1.55. The van der Waals surface area contributed by atoms with E-state index in [1.54, 1.807) is 24.5 Å². The quantitative estimate of drug-likeness (QED) is 0.514. The van der Waals surface area contributed by atoms with Crippen molar-refractivity contribution >= 4 is 23.6 Å². The number of benzene rings is 1. The molecule has 0 fully saturated rings. The van der Waals surface area contributed by atoms with E-state index in [0.717, 1.165) is 12.1 Å². The molecule has 6 nitrogen and oxygen atoms in total. The van der Waals surface area contributed by atoms with Gasteiger partial charge in [-0.1, -0.05) is 12.1 Å². The molecule has 2 heterocycles. The maximum absolute atomic E-state index is 12.9. The van der Waals surface area contributed by atoms with Crippen LogP contribution in [0, 0.1) is 0 Å². The van der Waals surface area contributed by atoms with Crippen LogP contribution in [0.4, 0.5) is 24.7 Å². The third-order valence-electron chi connectivity index (χ3n) is 3.57. The lowest BCUT2D eigenvalue weighted by atomic mass is 10.2. The third-order valence-corrected chi connectivity index (χ3v) is 3.57. The lowest BCUT2D eigenvalue weighted by Crippen LogP contribution is -2.19. The molecule has 0 radical (unpaired) electrons. The van der Waals surface area contributed by atoms with Gasteiger partial charge in [-0.2, -0.15) is 18.3 Å². The zero-order valence-electron chi connectivity index (χ0n) is 14.3. The van der Waals surface area contributed by atoms with Gasteiger partial charge in [0.2, 0.25) is 0 Å². The summed E-state index contributed by atoms with van der Waals surface area (Å²) in [5.74, 6) is -0.460. The second kappa shape index (κ2) is 8.30. The van der Waals surface area contributed by atoms with Crippen LogP contribution >= 0.6 is 0 Å². The minimum atomic E-state index is -4.47. The van der Waals surface area contributed by atoms with E-state index in [1.807, 2.05) is 0 Å². The van der Waals surface area contributed by atoms with Crippen LogP contribution in [-0.2, 0) is 6.18 Å². The average Bonchev–Trinajstić information content (AvgIpc) is 2.69. The number of hydrogen-bond acceptors (Lipinski definition) is 5. The van der Waals surface area contributed by atoms with Gasteiger partial charge in [-0.3, -0.25) is 9.78 Å². The summed E-state index contributed by atoms with van der Waals surface area (Å²) in [5.41, 5.74) is 2.52. The van der Waals surface area contributed by atoms with Gasteiger partial charge >= 0.3 is 6.18 Å². The standard InChI is InChI=1S/C19H14F3N5O/c20-19(21,22)14-5-1-6-15(10-14)26-17-16(7-3-9-24-17)18(28)27-25-12-13-4-2-8-23-11-13/h1-12H,(H,24,26)(H,27,28)/b25-12+. The lowest BCUT2D eigenvalue weighted by molar-refractivity contribution is -0.137. The van der Waals surface area contributed by atoms with Gasteiger partial charge in [0.1, 0.15) is 5.82 Å². The molecule has 0 bridgehead atoms. The molecule has 9 heteroatoms. The van der Waals surface area contributed by atoms with E-state index in [-0.39, 0.29) is 17.1 Å². The first-order valence-electron chi connectivity index (χ1n) is 8.06. The molecule has 142 valence electrons. The number of carbonyl (C=O) groups is 1. The minimum absolute atomic E-state index is 0.107. The number of nitrogens with zero attached hydrogens (tertiary/aromatic N) is 3. The van der Waals surface area contributed by atoms with Crippen molar-refractivity contribution in [2.24, 2.45) is 5.10 Å². The topological polar surface area (TPSA) is 79.3 Å². The van der Waals surface area contributed by atoms with E-state index in [9.17, 15) is 18.0 Å². The number of aromatic nitrogens is 2. The maximum atomic E-state index is 12.9. The predicted octanol–water partition coefficient (Wildman–Crippen LogP) is 4.00. The van der Waals surface area contributed by atoms with Gasteiger partial charge in [0.15, 0.2) is 0 Å². The van der Waals surface area contributed by atoms with Crippen LogP contribution in [0.5, 0.6) is 0 Å². The van der Waals surface area contributed by atoms with E-state index in [0.29, 0.717) is 5.56 Å². The molecule has 2 aromatic heterocycles. The molecule has 0 saturated carbocycles. The molecule has 0 aliphatic carbocycles. The first kappa shape index (κ1) is 19.0. The molecule has 28 heavy (non-hydrogen) atoms. The van der Waals surface area contributed by atoms with Gasteiger partial charge < -0.3 is 5.32 Å². The molecule has 2 N–H and O–H groups in total. The third kappa shape index (κ3) is 4.91. The number of carbonyl (C=O) groups excluding carboxylic acids is 1. The largest absolute Gasteiger partial charge is 0.416 e. The highest BCUT2D eigenvalue weighted by atomic mass is 19.4. The van der Waals surface area contributed by atoms with E-state index < -0.39 is 17.6 Å². The van der Waals surface area contributed by atoms with Crippen molar-refractivity contribution < 1.29 is 18.0 Å². The molecule has 0 aliphatic rings. The Morgan fingerprint density at radius 2 is 1.89 bits per heavy atom. The highest BCUT2D eigenvalue weighted by Crippen LogP contribution is 2.31. The minimum Gasteiger partial charge on any atom is -0.340 e. The summed E-state index contributed by atoms with van der Waals surface area (Å²) in [6, 6.07) is 11.1. The SMILES string of the molecule is O=C(N/N=C/c1cccnc1)c1cccnc1Nc1cccc(C(F)(F)F)c1. The van der Waals surface area contributed by atoms with E-state index in [2.05, 4.69) is 25.8 Å². The van der Waals surface area contributed by atoms with Crippen molar-refractivity contribution in [3.8, 4) is 0 Å². The van der Waals surface area contributed by atoms with Gasteiger partial charge in [0.05, 0.1) is 17.3 Å².